The van der Waals surface area contributed by atoms with Gasteiger partial charge in [-0.2, -0.15) is 18.4 Å². The number of rotatable bonds is 3. The molecule has 8 heteroatoms. The van der Waals surface area contributed by atoms with E-state index in [1.54, 1.807) is 0 Å². The summed E-state index contributed by atoms with van der Waals surface area (Å²) in [7, 11) is 0. The normalized spacial score (nSPS) is 11.7. The molecule has 0 bridgehead atoms. The fourth-order valence-electron chi connectivity index (χ4n) is 1.46. The topological polar surface area (TPSA) is 62.7 Å². The van der Waals surface area contributed by atoms with Crippen molar-refractivity contribution in [3.05, 3.63) is 28.6 Å². The van der Waals surface area contributed by atoms with Crippen molar-refractivity contribution in [2.45, 2.75) is 25.6 Å². The van der Waals surface area contributed by atoms with Crippen molar-refractivity contribution in [2.75, 3.05) is 0 Å². The van der Waals surface area contributed by atoms with E-state index in [9.17, 15) is 22.0 Å². The van der Waals surface area contributed by atoms with Crippen molar-refractivity contribution in [1.82, 2.24) is 4.98 Å². The molecule has 0 saturated carbocycles. The second kappa shape index (κ2) is 5.27. The Hall–Kier alpha value is -1.75. The Morgan fingerprint density at radius 2 is 2.00 bits per heavy atom. The molecule has 1 rings (SSSR count). The van der Waals surface area contributed by atoms with Crippen LogP contribution in [0.15, 0.2) is 6.07 Å². The van der Waals surface area contributed by atoms with Gasteiger partial charge in [0.2, 0.25) is 0 Å². The number of pyridine rings is 1. The van der Waals surface area contributed by atoms with E-state index in [0.29, 0.717) is 6.07 Å². The van der Waals surface area contributed by atoms with Crippen molar-refractivity contribution >= 4 is 0 Å². The highest BCUT2D eigenvalue weighted by Crippen LogP contribution is 2.33. The van der Waals surface area contributed by atoms with Crippen LogP contribution < -0.4 is 5.73 Å². The molecule has 0 atom stereocenters. The summed E-state index contributed by atoms with van der Waals surface area (Å²) >= 11 is 0. The van der Waals surface area contributed by atoms with Crippen LogP contribution in [0.3, 0.4) is 0 Å². The van der Waals surface area contributed by atoms with Crippen LogP contribution in [0.25, 0.3) is 0 Å². The second-order valence-electron chi connectivity index (χ2n) is 3.36. The highest BCUT2D eigenvalue weighted by molar-refractivity contribution is 5.36. The van der Waals surface area contributed by atoms with E-state index in [1.165, 1.54) is 6.07 Å². The Kier molecular flexibility index (Phi) is 4.19. The lowest BCUT2D eigenvalue weighted by molar-refractivity contribution is -0.141. The van der Waals surface area contributed by atoms with Crippen LogP contribution in [0.1, 0.15) is 28.9 Å². The third-order valence-electron chi connectivity index (χ3n) is 2.19. The lowest BCUT2D eigenvalue weighted by Crippen LogP contribution is -2.16. The van der Waals surface area contributed by atoms with Gasteiger partial charge in [-0.25, -0.2) is 13.8 Å². The minimum atomic E-state index is -4.77. The fourth-order valence-corrected chi connectivity index (χ4v) is 1.46. The van der Waals surface area contributed by atoms with E-state index in [0.717, 1.165) is 0 Å². The first-order valence-electron chi connectivity index (χ1n) is 4.76. The van der Waals surface area contributed by atoms with Gasteiger partial charge in [0.25, 0.3) is 6.43 Å². The molecule has 0 aliphatic carbocycles. The summed E-state index contributed by atoms with van der Waals surface area (Å²) < 4.78 is 62.9. The molecule has 0 spiro atoms. The maximum atomic E-state index is 12.7. The number of hydrogen-bond acceptors (Lipinski definition) is 3. The molecular formula is C10H8F5N3. The van der Waals surface area contributed by atoms with E-state index < -0.39 is 48.1 Å². The van der Waals surface area contributed by atoms with E-state index in [-0.39, 0.29) is 0 Å². The van der Waals surface area contributed by atoms with Crippen molar-refractivity contribution in [1.29, 1.82) is 5.26 Å². The van der Waals surface area contributed by atoms with Gasteiger partial charge >= 0.3 is 6.18 Å². The fraction of sp³-hybridized carbons (Fsp3) is 0.400. The lowest BCUT2D eigenvalue weighted by atomic mass is 10.0. The number of hydrogen-bond donors (Lipinski definition) is 1. The van der Waals surface area contributed by atoms with Crippen LogP contribution in [0.4, 0.5) is 22.0 Å². The van der Waals surface area contributed by atoms with Crippen LogP contribution in [0.2, 0.25) is 0 Å². The minimum absolute atomic E-state index is 0.393. The van der Waals surface area contributed by atoms with Crippen molar-refractivity contribution in [3.8, 4) is 6.07 Å². The average molecular weight is 265 g/mol. The number of alkyl halides is 5. The molecule has 2 N–H and O–H groups in total. The number of nitrogens with zero attached hydrogens (tertiary/aromatic N) is 2. The summed E-state index contributed by atoms with van der Waals surface area (Å²) in [5.74, 6) is 0. The standard InChI is InChI=1S/C10H8F5N3/c11-9(12)8-5(1-2-16)3-7(10(13,14)15)18-6(8)4-17/h3,9H,1,4,17H2. The van der Waals surface area contributed by atoms with Crippen molar-refractivity contribution in [2.24, 2.45) is 5.73 Å². The zero-order chi connectivity index (χ0) is 13.9. The van der Waals surface area contributed by atoms with Gasteiger partial charge in [0, 0.05) is 12.1 Å². The van der Waals surface area contributed by atoms with Gasteiger partial charge in [0.15, 0.2) is 0 Å². The van der Waals surface area contributed by atoms with Gasteiger partial charge in [0.05, 0.1) is 18.2 Å². The predicted octanol–water partition coefficient (Wildman–Crippen LogP) is 2.56. The molecule has 0 aliphatic heterocycles. The molecule has 0 amide bonds. The molecule has 0 aliphatic rings. The Labute approximate surface area is 99.0 Å². The molecule has 0 aromatic carbocycles. The first-order chi connectivity index (χ1) is 8.31. The smallest absolute Gasteiger partial charge is 0.325 e. The Morgan fingerprint density at radius 1 is 1.39 bits per heavy atom. The van der Waals surface area contributed by atoms with E-state index in [2.05, 4.69) is 4.98 Å². The maximum Gasteiger partial charge on any atom is 0.433 e. The molecule has 0 unspecified atom stereocenters. The quantitative estimate of drug-likeness (QED) is 0.854. The van der Waals surface area contributed by atoms with Gasteiger partial charge in [-0.05, 0) is 11.6 Å². The Morgan fingerprint density at radius 3 is 2.39 bits per heavy atom. The molecule has 0 radical (unpaired) electrons. The van der Waals surface area contributed by atoms with Crippen LogP contribution in [-0.2, 0) is 19.1 Å². The maximum absolute atomic E-state index is 12.7. The van der Waals surface area contributed by atoms with E-state index >= 15 is 0 Å². The van der Waals surface area contributed by atoms with Gasteiger partial charge < -0.3 is 5.73 Å². The largest absolute Gasteiger partial charge is 0.433 e. The summed E-state index contributed by atoms with van der Waals surface area (Å²) in [6.07, 6.45) is -8.35. The Balaban J connectivity index is 3.49. The number of nitriles is 1. The molecule has 18 heavy (non-hydrogen) atoms. The number of aromatic nitrogens is 1. The third kappa shape index (κ3) is 2.92. The third-order valence-corrected chi connectivity index (χ3v) is 2.19. The Bertz CT molecular complexity index is 476. The molecular weight excluding hydrogens is 257 g/mol. The summed E-state index contributed by atoms with van der Waals surface area (Å²) in [6.45, 7) is -0.554. The van der Waals surface area contributed by atoms with E-state index in [4.69, 9.17) is 11.0 Å². The zero-order valence-corrected chi connectivity index (χ0v) is 8.93. The highest BCUT2D eigenvalue weighted by Gasteiger charge is 2.34. The zero-order valence-electron chi connectivity index (χ0n) is 8.93. The number of nitrogens with two attached hydrogens (primary N) is 1. The minimum Gasteiger partial charge on any atom is -0.325 e. The summed E-state index contributed by atoms with van der Waals surface area (Å²) in [5.41, 5.74) is 2.18. The van der Waals surface area contributed by atoms with Gasteiger partial charge in [-0.3, -0.25) is 0 Å². The van der Waals surface area contributed by atoms with Crippen molar-refractivity contribution < 1.29 is 22.0 Å². The SMILES string of the molecule is N#CCc1cc(C(F)(F)F)nc(CN)c1C(F)F. The van der Waals surface area contributed by atoms with Crippen molar-refractivity contribution in [3.63, 3.8) is 0 Å². The molecule has 1 aromatic heterocycles. The van der Waals surface area contributed by atoms with Crippen LogP contribution in [-0.4, -0.2) is 4.98 Å². The highest BCUT2D eigenvalue weighted by atomic mass is 19.4. The first kappa shape index (κ1) is 14.3. The van der Waals surface area contributed by atoms with Gasteiger partial charge in [-0.1, -0.05) is 0 Å². The first-order valence-corrected chi connectivity index (χ1v) is 4.76. The number of halogens is 5. The monoisotopic (exact) mass is 265 g/mol. The van der Waals surface area contributed by atoms with Gasteiger partial charge in [-0.15, -0.1) is 0 Å². The molecule has 1 heterocycles. The van der Waals surface area contributed by atoms with Crippen LogP contribution in [0, 0.1) is 11.3 Å². The second-order valence-corrected chi connectivity index (χ2v) is 3.36. The molecule has 0 fully saturated rings. The van der Waals surface area contributed by atoms with Crippen LogP contribution >= 0.6 is 0 Å². The molecule has 0 saturated heterocycles. The lowest BCUT2D eigenvalue weighted by Gasteiger charge is -2.14. The van der Waals surface area contributed by atoms with Gasteiger partial charge in [0.1, 0.15) is 5.69 Å². The molecule has 98 valence electrons. The predicted molar refractivity (Wildman–Crippen MR) is 51.4 cm³/mol. The molecule has 3 nitrogen and oxygen atoms in total. The van der Waals surface area contributed by atoms with E-state index in [1.807, 2.05) is 0 Å². The molecule has 1 aromatic rings. The van der Waals surface area contributed by atoms with Crippen LogP contribution in [0.5, 0.6) is 0 Å². The summed E-state index contributed by atoms with van der Waals surface area (Å²) in [5, 5.41) is 8.46. The average Bonchev–Trinajstić information content (AvgIpc) is 2.26. The summed E-state index contributed by atoms with van der Waals surface area (Å²) in [4.78, 5) is 3.09. The summed E-state index contributed by atoms with van der Waals surface area (Å²) in [6, 6.07) is 2.00.